The maximum atomic E-state index is 13.8. The molecule has 38 heavy (non-hydrogen) atoms. The van der Waals surface area contributed by atoms with Crippen molar-refractivity contribution < 1.29 is 27.5 Å². The molecule has 3 aromatic carbocycles. The number of para-hydroxylation sites is 1. The Labute approximate surface area is 217 Å². The first-order valence-electron chi connectivity index (χ1n) is 12.2. The second kappa shape index (κ2) is 10.00. The number of aliphatic carboxylic acids is 1. The number of alkyl halides is 3. The topological polar surface area (TPSA) is 59.4 Å². The lowest BCUT2D eigenvalue weighted by Gasteiger charge is -2.45. The van der Waals surface area contributed by atoms with Gasteiger partial charge in [0.05, 0.1) is 23.7 Å². The van der Waals surface area contributed by atoms with Crippen LogP contribution in [0, 0.1) is 12.7 Å². The number of benzene rings is 3. The second-order valence-corrected chi connectivity index (χ2v) is 9.41. The molecular formula is C28H26F4N4O2. The zero-order valence-corrected chi connectivity index (χ0v) is 20.6. The number of hydrogen-bond acceptors (Lipinski definition) is 5. The van der Waals surface area contributed by atoms with E-state index in [2.05, 4.69) is 4.90 Å². The first kappa shape index (κ1) is 25.6. The van der Waals surface area contributed by atoms with E-state index in [0.717, 1.165) is 17.8 Å². The minimum Gasteiger partial charge on any atom is -0.481 e. The van der Waals surface area contributed by atoms with Gasteiger partial charge in [0, 0.05) is 43.1 Å². The summed E-state index contributed by atoms with van der Waals surface area (Å²) in [4.78, 5) is 22.4. The Morgan fingerprint density at radius 3 is 2.34 bits per heavy atom. The zero-order valence-electron chi connectivity index (χ0n) is 20.6. The third-order valence-corrected chi connectivity index (χ3v) is 6.93. The van der Waals surface area contributed by atoms with E-state index in [-0.39, 0.29) is 17.9 Å². The molecule has 0 spiro atoms. The van der Waals surface area contributed by atoms with E-state index in [0.29, 0.717) is 49.0 Å². The van der Waals surface area contributed by atoms with Crippen molar-refractivity contribution in [3.8, 4) is 0 Å². The molecule has 0 aromatic heterocycles. The maximum Gasteiger partial charge on any atom is 0.416 e. The normalized spacial score (nSPS) is 17.8. The number of hydrogen-bond donors (Lipinski definition) is 1. The predicted molar refractivity (Wildman–Crippen MR) is 137 cm³/mol. The van der Waals surface area contributed by atoms with Crippen LogP contribution in [0.4, 0.5) is 34.6 Å². The van der Waals surface area contributed by atoms with Crippen LogP contribution in [0.15, 0.2) is 71.7 Å². The fourth-order valence-electron chi connectivity index (χ4n) is 5.02. The smallest absolute Gasteiger partial charge is 0.416 e. The van der Waals surface area contributed by atoms with Crippen molar-refractivity contribution in [1.29, 1.82) is 0 Å². The number of fused-ring (bicyclic) bond motifs is 1. The van der Waals surface area contributed by atoms with Gasteiger partial charge < -0.3 is 19.8 Å². The highest BCUT2D eigenvalue weighted by atomic mass is 19.4. The molecule has 10 heteroatoms. The van der Waals surface area contributed by atoms with Gasteiger partial charge in [0.15, 0.2) is 0 Å². The average molecular weight is 527 g/mol. The Balaban J connectivity index is 1.53. The highest BCUT2D eigenvalue weighted by molar-refractivity contribution is 6.01. The summed E-state index contributed by atoms with van der Waals surface area (Å²) in [7, 11) is 0. The van der Waals surface area contributed by atoms with Gasteiger partial charge in [0.25, 0.3) is 0 Å². The highest BCUT2D eigenvalue weighted by Crippen LogP contribution is 2.42. The number of carboxylic acid groups (broad SMARTS) is 1. The number of carboxylic acids is 1. The Bertz CT molecular complexity index is 1380. The van der Waals surface area contributed by atoms with Crippen molar-refractivity contribution in [3.05, 3.63) is 89.2 Å². The highest BCUT2D eigenvalue weighted by Gasteiger charge is 2.38. The maximum absolute atomic E-state index is 13.8. The monoisotopic (exact) mass is 526 g/mol. The summed E-state index contributed by atoms with van der Waals surface area (Å²) in [6.07, 6.45) is -4.87. The van der Waals surface area contributed by atoms with Crippen LogP contribution in [0.1, 0.15) is 29.2 Å². The molecule has 0 bridgehead atoms. The van der Waals surface area contributed by atoms with Crippen LogP contribution in [-0.2, 0) is 11.0 Å². The van der Waals surface area contributed by atoms with Gasteiger partial charge in [-0.15, -0.1) is 0 Å². The van der Waals surface area contributed by atoms with Crippen molar-refractivity contribution >= 4 is 29.0 Å². The average Bonchev–Trinajstić information content (AvgIpc) is 2.89. The third kappa shape index (κ3) is 5.03. The summed E-state index contributed by atoms with van der Waals surface area (Å²) in [6, 6.07) is 16.2. The number of carbonyl (C=O) groups is 1. The number of piperazine rings is 1. The Morgan fingerprint density at radius 1 is 0.947 bits per heavy atom. The summed E-state index contributed by atoms with van der Waals surface area (Å²) < 4.78 is 54.6. The molecule has 6 nitrogen and oxygen atoms in total. The first-order valence-corrected chi connectivity index (χ1v) is 12.2. The summed E-state index contributed by atoms with van der Waals surface area (Å²) in [5.41, 5.74) is 2.06. The van der Waals surface area contributed by atoms with Crippen LogP contribution in [-0.4, -0.2) is 48.1 Å². The SMILES string of the molecule is Cc1cc(N2CCN(C3=Nc4ccccc4C(CC(=O)O)N3c3cccc(C(F)(F)F)c3)CC2)ccc1F. The molecule has 1 fully saturated rings. The molecule has 1 unspecified atom stereocenters. The fraction of sp³-hybridized carbons (Fsp3) is 0.286. The van der Waals surface area contributed by atoms with E-state index in [4.69, 9.17) is 4.99 Å². The third-order valence-electron chi connectivity index (χ3n) is 6.93. The summed E-state index contributed by atoms with van der Waals surface area (Å²) >= 11 is 0. The van der Waals surface area contributed by atoms with Gasteiger partial charge in [0.1, 0.15) is 5.82 Å². The number of guanidine groups is 1. The molecule has 2 aliphatic heterocycles. The van der Waals surface area contributed by atoms with Crippen LogP contribution >= 0.6 is 0 Å². The number of nitrogens with zero attached hydrogens (tertiary/aromatic N) is 4. The second-order valence-electron chi connectivity index (χ2n) is 9.41. The van der Waals surface area contributed by atoms with Crippen molar-refractivity contribution in [2.24, 2.45) is 4.99 Å². The lowest BCUT2D eigenvalue weighted by molar-refractivity contribution is -0.138. The molecule has 0 saturated carbocycles. The van der Waals surface area contributed by atoms with E-state index in [1.54, 1.807) is 54.3 Å². The van der Waals surface area contributed by atoms with Crippen molar-refractivity contribution in [3.63, 3.8) is 0 Å². The van der Waals surface area contributed by atoms with E-state index in [1.165, 1.54) is 12.1 Å². The minimum atomic E-state index is -4.55. The van der Waals surface area contributed by atoms with Crippen LogP contribution in [0.5, 0.6) is 0 Å². The minimum absolute atomic E-state index is 0.218. The molecule has 0 aliphatic carbocycles. The molecule has 2 aliphatic rings. The van der Waals surface area contributed by atoms with E-state index in [9.17, 15) is 27.5 Å². The van der Waals surface area contributed by atoms with Gasteiger partial charge in [-0.3, -0.25) is 4.79 Å². The Morgan fingerprint density at radius 2 is 1.66 bits per heavy atom. The number of aliphatic imine (C=N–C) groups is 1. The van der Waals surface area contributed by atoms with Crippen molar-refractivity contribution in [2.45, 2.75) is 25.6 Å². The zero-order chi connectivity index (χ0) is 27.0. The van der Waals surface area contributed by atoms with Gasteiger partial charge in [-0.1, -0.05) is 24.3 Å². The largest absolute Gasteiger partial charge is 0.481 e. The van der Waals surface area contributed by atoms with E-state index in [1.807, 2.05) is 4.90 Å². The summed E-state index contributed by atoms with van der Waals surface area (Å²) in [5, 5.41) is 9.75. The lowest BCUT2D eigenvalue weighted by Crippen LogP contribution is -2.55. The molecule has 0 radical (unpaired) electrons. The molecule has 3 aromatic rings. The first-order chi connectivity index (χ1) is 18.1. The predicted octanol–water partition coefficient (Wildman–Crippen LogP) is 6.00. The quantitative estimate of drug-likeness (QED) is 0.423. The van der Waals surface area contributed by atoms with Gasteiger partial charge >= 0.3 is 12.1 Å². The molecule has 198 valence electrons. The molecule has 1 saturated heterocycles. The van der Waals surface area contributed by atoms with E-state index < -0.39 is 23.8 Å². The molecular weight excluding hydrogens is 500 g/mol. The molecule has 5 rings (SSSR count). The number of anilines is 2. The molecule has 2 heterocycles. The van der Waals surface area contributed by atoms with Crippen LogP contribution < -0.4 is 9.80 Å². The van der Waals surface area contributed by atoms with E-state index >= 15 is 0 Å². The Kier molecular flexibility index (Phi) is 6.73. The summed E-state index contributed by atoms with van der Waals surface area (Å²) in [5.74, 6) is -0.937. The fourth-order valence-corrected chi connectivity index (χ4v) is 5.02. The van der Waals surface area contributed by atoms with Crippen molar-refractivity contribution in [1.82, 2.24) is 4.90 Å². The van der Waals surface area contributed by atoms with Gasteiger partial charge in [-0.2, -0.15) is 13.2 Å². The number of halogens is 4. The van der Waals surface area contributed by atoms with Crippen LogP contribution in [0.3, 0.4) is 0 Å². The van der Waals surface area contributed by atoms with Crippen molar-refractivity contribution in [2.75, 3.05) is 36.0 Å². The van der Waals surface area contributed by atoms with Crippen LogP contribution in [0.25, 0.3) is 0 Å². The summed E-state index contributed by atoms with van der Waals surface area (Å²) in [6.45, 7) is 3.84. The lowest BCUT2D eigenvalue weighted by atomic mass is 9.97. The van der Waals surface area contributed by atoms with Gasteiger partial charge in [0.2, 0.25) is 5.96 Å². The number of rotatable bonds is 4. The Hall–Kier alpha value is -4.08. The van der Waals surface area contributed by atoms with Crippen LogP contribution in [0.2, 0.25) is 0 Å². The molecule has 1 atom stereocenters. The van der Waals surface area contributed by atoms with Gasteiger partial charge in [-0.05, 0) is 55.0 Å². The molecule has 1 N–H and O–H groups in total. The van der Waals surface area contributed by atoms with Gasteiger partial charge in [-0.25, -0.2) is 9.38 Å². The number of aryl methyl sites for hydroxylation is 1. The molecule has 0 amide bonds. The standard InChI is InChI=1S/C28H26F4N4O2/c1-18-15-20(9-10-23(18)29)34-11-13-35(14-12-34)27-33-24-8-3-2-7-22(24)25(17-26(37)38)36(27)21-6-4-5-19(16-21)28(30,31)32/h2-10,15-16,25H,11-14,17H2,1H3,(H,37,38).